The van der Waals surface area contributed by atoms with Crippen molar-refractivity contribution in [3.8, 4) is 22.5 Å². The minimum atomic E-state index is -0.189. The number of nitrogens with one attached hydrogen (secondary N) is 2. The molecule has 2 aromatic heterocycles. The maximum atomic E-state index is 12.8. The topological polar surface area (TPSA) is 84.7 Å². The van der Waals surface area contributed by atoms with Crippen LogP contribution in [0.5, 0.6) is 0 Å². The Morgan fingerprint density at radius 3 is 2.68 bits per heavy atom. The Hall–Kier alpha value is -3.61. The second-order valence-corrected chi connectivity index (χ2v) is 8.46. The number of aromatic nitrogens is 4. The van der Waals surface area contributed by atoms with Crippen molar-refractivity contribution in [3.63, 3.8) is 0 Å². The summed E-state index contributed by atoms with van der Waals surface area (Å²) in [7, 11) is 1.81. The van der Waals surface area contributed by atoms with Crippen LogP contribution in [0.4, 0.5) is 5.95 Å². The molecule has 158 valence electrons. The van der Waals surface area contributed by atoms with Gasteiger partial charge in [0.15, 0.2) is 0 Å². The molecule has 0 atom stereocenters. The Labute approximate surface area is 179 Å². The average molecular weight is 415 g/mol. The van der Waals surface area contributed by atoms with Crippen molar-refractivity contribution in [1.29, 1.82) is 0 Å². The van der Waals surface area contributed by atoms with E-state index in [1.54, 1.807) is 4.57 Å². The number of benzene rings is 2. The lowest BCUT2D eigenvalue weighted by atomic mass is 10.0. The van der Waals surface area contributed by atoms with Gasteiger partial charge in [0.1, 0.15) is 0 Å². The Balaban J connectivity index is 1.66. The second kappa shape index (κ2) is 7.27. The summed E-state index contributed by atoms with van der Waals surface area (Å²) in [5, 5.41) is 2.75. The van der Waals surface area contributed by atoms with E-state index in [9.17, 15) is 9.59 Å². The molecule has 5 rings (SSSR count). The first-order chi connectivity index (χ1) is 14.9. The number of fused-ring (bicyclic) bond motifs is 1. The molecular weight excluding hydrogens is 390 g/mol. The van der Waals surface area contributed by atoms with Gasteiger partial charge in [0, 0.05) is 31.6 Å². The summed E-state index contributed by atoms with van der Waals surface area (Å²) in [6.07, 6.45) is 2.39. The highest BCUT2D eigenvalue weighted by Crippen LogP contribution is 2.34. The third-order valence-electron chi connectivity index (χ3n) is 5.86. The summed E-state index contributed by atoms with van der Waals surface area (Å²) in [4.78, 5) is 32.3. The summed E-state index contributed by atoms with van der Waals surface area (Å²) in [6, 6.07) is 14.1. The van der Waals surface area contributed by atoms with Gasteiger partial charge in [0.25, 0.3) is 0 Å². The lowest BCUT2D eigenvalue weighted by Gasteiger charge is -2.06. The second-order valence-electron chi connectivity index (χ2n) is 8.46. The van der Waals surface area contributed by atoms with Crippen molar-refractivity contribution in [1.82, 2.24) is 19.1 Å². The number of aryl methyl sites for hydroxylation is 2. The number of hydrogen-bond acceptors (Lipinski definition) is 3. The number of H-pyrrole nitrogens is 1. The van der Waals surface area contributed by atoms with E-state index in [0.29, 0.717) is 11.9 Å². The highest BCUT2D eigenvalue weighted by atomic mass is 16.2. The van der Waals surface area contributed by atoms with Crippen LogP contribution in [-0.2, 0) is 18.4 Å². The van der Waals surface area contributed by atoms with Gasteiger partial charge in [-0.15, -0.1) is 0 Å². The van der Waals surface area contributed by atoms with Gasteiger partial charge >= 0.3 is 5.69 Å². The molecule has 0 unspecified atom stereocenters. The van der Waals surface area contributed by atoms with E-state index in [1.165, 1.54) is 19.8 Å². The fourth-order valence-corrected chi connectivity index (χ4v) is 4.11. The third-order valence-corrected chi connectivity index (χ3v) is 5.86. The zero-order valence-corrected chi connectivity index (χ0v) is 17.9. The van der Waals surface area contributed by atoms with Crippen LogP contribution in [0.15, 0.2) is 47.3 Å². The van der Waals surface area contributed by atoms with Gasteiger partial charge < -0.3 is 4.98 Å². The zero-order chi connectivity index (χ0) is 21.7. The van der Waals surface area contributed by atoms with Crippen molar-refractivity contribution in [2.45, 2.75) is 33.2 Å². The maximum Gasteiger partial charge on any atom is 0.328 e. The van der Waals surface area contributed by atoms with Crippen LogP contribution < -0.4 is 11.0 Å². The van der Waals surface area contributed by atoms with Crippen LogP contribution in [0.3, 0.4) is 0 Å². The van der Waals surface area contributed by atoms with Gasteiger partial charge in [-0.05, 0) is 43.9 Å². The van der Waals surface area contributed by atoms with E-state index in [0.717, 1.165) is 45.7 Å². The van der Waals surface area contributed by atoms with Crippen LogP contribution in [-0.4, -0.2) is 25.0 Å². The molecule has 0 spiro atoms. The first kappa shape index (κ1) is 19.4. The molecule has 1 aliphatic carbocycles. The Morgan fingerprint density at radius 2 is 1.97 bits per heavy atom. The summed E-state index contributed by atoms with van der Waals surface area (Å²) in [5.41, 5.74) is 6.41. The van der Waals surface area contributed by atoms with Crippen molar-refractivity contribution in [3.05, 3.63) is 58.5 Å². The molecular formula is C24H25N5O2. The standard InChI is InChI=1S/C24H25N5O2/c1-14-5-4-6-17(11-14)21-22(27-23(26-21)25-15(2)30)18-9-10-19-20(12-18)28(3)24(31)29(19)13-16-7-8-16/h4-6,9-12,16H,7-8,13H2,1-3H3,(H2,25,26,27,30). The van der Waals surface area contributed by atoms with Gasteiger partial charge in [-0.25, -0.2) is 9.78 Å². The summed E-state index contributed by atoms with van der Waals surface area (Å²) >= 11 is 0. The van der Waals surface area contributed by atoms with E-state index in [-0.39, 0.29) is 11.6 Å². The lowest BCUT2D eigenvalue weighted by molar-refractivity contribution is -0.114. The molecule has 2 N–H and O–H groups in total. The fourth-order valence-electron chi connectivity index (χ4n) is 4.11. The molecule has 7 heteroatoms. The predicted octanol–water partition coefficient (Wildman–Crippen LogP) is 4.07. The monoisotopic (exact) mass is 415 g/mol. The summed E-state index contributed by atoms with van der Waals surface area (Å²) < 4.78 is 3.59. The normalized spacial score (nSPS) is 13.6. The van der Waals surface area contributed by atoms with Gasteiger partial charge in [0.05, 0.1) is 22.4 Å². The fraction of sp³-hybridized carbons (Fsp3) is 0.292. The molecule has 0 saturated heterocycles. The molecule has 1 aliphatic rings. The first-order valence-electron chi connectivity index (χ1n) is 10.5. The maximum absolute atomic E-state index is 12.8. The molecule has 0 radical (unpaired) electrons. The predicted molar refractivity (Wildman–Crippen MR) is 122 cm³/mol. The molecule has 1 saturated carbocycles. The quantitative estimate of drug-likeness (QED) is 0.515. The van der Waals surface area contributed by atoms with Crippen LogP contribution in [0.1, 0.15) is 25.3 Å². The Kier molecular flexibility index (Phi) is 4.54. The van der Waals surface area contributed by atoms with E-state index < -0.39 is 0 Å². The minimum Gasteiger partial charge on any atom is -0.323 e. The van der Waals surface area contributed by atoms with Crippen LogP contribution in [0, 0.1) is 12.8 Å². The van der Waals surface area contributed by atoms with Gasteiger partial charge in [-0.3, -0.25) is 19.2 Å². The van der Waals surface area contributed by atoms with Crippen molar-refractivity contribution < 1.29 is 4.79 Å². The molecule has 2 aromatic carbocycles. The molecule has 2 heterocycles. The van der Waals surface area contributed by atoms with Crippen LogP contribution in [0.2, 0.25) is 0 Å². The smallest absolute Gasteiger partial charge is 0.323 e. The van der Waals surface area contributed by atoms with Crippen molar-refractivity contribution >= 4 is 22.9 Å². The summed E-state index contributed by atoms with van der Waals surface area (Å²) in [5.74, 6) is 0.828. The average Bonchev–Trinajstić information content (AvgIpc) is 3.42. The first-order valence-corrected chi connectivity index (χ1v) is 10.5. The highest BCUT2D eigenvalue weighted by Gasteiger charge is 2.24. The van der Waals surface area contributed by atoms with E-state index in [4.69, 9.17) is 0 Å². The van der Waals surface area contributed by atoms with Crippen molar-refractivity contribution in [2.75, 3.05) is 5.32 Å². The number of rotatable bonds is 5. The molecule has 7 nitrogen and oxygen atoms in total. The van der Waals surface area contributed by atoms with E-state index in [1.807, 2.05) is 54.9 Å². The molecule has 0 bridgehead atoms. The summed E-state index contributed by atoms with van der Waals surface area (Å²) in [6.45, 7) is 4.27. The number of carbonyl (C=O) groups excluding carboxylic acids is 1. The number of aromatic amines is 1. The molecule has 4 aromatic rings. The number of nitrogens with zero attached hydrogens (tertiary/aromatic N) is 3. The molecule has 31 heavy (non-hydrogen) atoms. The van der Waals surface area contributed by atoms with Crippen LogP contribution in [0.25, 0.3) is 33.5 Å². The Bertz CT molecular complexity index is 1370. The number of anilines is 1. The number of hydrogen-bond donors (Lipinski definition) is 2. The van der Waals surface area contributed by atoms with Crippen LogP contribution >= 0.6 is 0 Å². The molecule has 1 amide bonds. The number of carbonyl (C=O) groups is 1. The van der Waals surface area contributed by atoms with E-state index >= 15 is 0 Å². The number of imidazole rings is 2. The van der Waals surface area contributed by atoms with Crippen molar-refractivity contribution in [2.24, 2.45) is 13.0 Å². The number of amides is 1. The SMILES string of the molecule is CC(=O)Nc1nc(-c2cccc(C)c2)c(-c2ccc3c(c2)n(C)c(=O)n3CC2CC2)[nH]1. The third kappa shape index (κ3) is 3.56. The zero-order valence-electron chi connectivity index (χ0n) is 17.9. The van der Waals surface area contributed by atoms with Gasteiger partial charge in [-0.2, -0.15) is 0 Å². The molecule has 1 fully saturated rings. The van der Waals surface area contributed by atoms with Gasteiger partial charge in [0.2, 0.25) is 11.9 Å². The lowest BCUT2D eigenvalue weighted by Crippen LogP contribution is -2.22. The minimum absolute atomic E-state index is 0.0153. The van der Waals surface area contributed by atoms with E-state index in [2.05, 4.69) is 21.4 Å². The Morgan fingerprint density at radius 1 is 1.16 bits per heavy atom. The van der Waals surface area contributed by atoms with Gasteiger partial charge in [-0.1, -0.05) is 29.8 Å². The molecule has 0 aliphatic heterocycles. The highest BCUT2D eigenvalue weighted by molar-refractivity contribution is 5.90. The largest absolute Gasteiger partial charge is 0.328 e.